The molecule has 0 bridgehead atoms. The minimum atomic E-state index is -0.147. The van der Waals surface area contributed by atoms with Gasteiger partial charge in [-0.2, -0.15) is 0 Å². The normalized spacial score (nSPS) is 10.4. The van der Waals surface area contributed by atoms with Crippen molar-refractivity contribution in [3.05, 3.63) is 65.9 Å². The molecule has 0 atom stereocenters. The van der Waals surface area contributed by atoms with E-state index in [-0.39, 0.29) is 5.78 Å². The van der Waals surface area contributed by atoms with Gasteiger partial charge in [0.05, 0.1) is 7.11 Å². The van der Waals surface area contributed by atoms with Gasteiger partial charge in [0.15, 0.2) is 0 Å². The Morgan fingerprint density at radius 2 is 1.75 bits per heavy atom. The Balaban J connectivity index is 1.98. The lowest BCUT2D eigenvalue weighted by atomic mass is 10.0. The Kier molecular flexibility index (Phi) is 3.13. The van der Waals surface area contributed by atoms with Crippen LogP contribution in [0.2, 0.25) is 0 Å². The van der Waals surface area contributed by atoms with E-state index in [2.05, 4.69) is 10.2 Å². The molecule has 0 radical (unpaired) electrons. The first-order valence-corrected chi connectivity index (χ1v) is 6.19. The number of carbonyl (C=O) groups is 1. The number of rotatable bonds is 3. The van der Waals surface area contributed by atoms with Crippen LogP contribution in [0.15, 0.2) is 54.6 Å². The van der Waals surface area contributed by atoms with E-state index in [4.69, 9.17) is 4.74 Å². The van der Waals surface area contributed by atoms with Crippen molar-refractivity contribution in [3.63, 3.8) is 0 Å². The van der Waals surface area contributed by atoms with E-state index in [9.17, 15) is 4.79 Å². The molecule has 0 unspecified atom stereocenters. The molecule has 0 spiro atoms. The average Bonchev–Trinajstić information content (AvgIpc) is 2.54. The number of ether oxygens (including phenoxy) is 1. The molecule has 4 heteroatoms. The van der Waals surface area contributed by atoms with Crippen molar-refractivity contribution in [1.82, 2.24) is 10.2 Å². The minimum absolute atomic E-state index is 0.147. The van der Waals surface area contributed by atoms with E-state index >= 15 is 0 Å². The van der Waals surface area contributed by atoms with Crippen LogP contribution in [-0.2, 0) is 0 Å². The Labute approximate surface area is 116 Å². The molecule has 0 fully saturated rings. The topological polar surface area (TPSA) is 52.1 Å². The molecule has 0 aliphatic rings. The number of benzene rings is 2. The first-order valence-electron chi connectivity index (χ1n) is 6.19. The molecule has 4 nitrogen and oxygen atoms in total. The van der Waals surface area contributed by atoms with Crippen molar-refractivity contribution in [2.24, 2.45) is 0 Å². The number of methoxy groups -OCH3 is 1. The highest BCUT2D eigenvalue weighted by atomic mass is 16.5. The third kappa shape index (κ3) is 2.23. The number of nitrogens with zero attached hydrogens (tertiary/aromatic N) is 2. The van der Waals surface area contributed by atoms with E-state index in [0.29, 0.717) is 17.1 Å². The van der Waals surface area contributed by atoms with Crippen LogP contribution < -0.4 is 4.74 Å². The molecule has 0 aliphatic heterocycles. The Morgan fingerprint density at radius 1 is 0.950 bits per heavy atom. The van der Waals surface area contributed by atoms with Crippen molar-refractivity contribution in [3.8, 4) is 5.88 Å². The van der Waals surface area contributed by atoms with Crippen LogP contribution in [-0.4, -0.2) is 23.1 Å². The monoisotopic (exact) mass is 264 g/mol. The van der Waals surface area contributed by atoms with Gasteiger partial charge in [0.2, 0.25) is 11.7 Å². The van der Waals surface area contributed by atoms with Crippen LogP contribution >= 0.6 is 0 Å². The van der Waals surface area contributed by atoms with Gasteiger partial charge >= 0.3 is 0 Å². The third-order valence-corrected chi connectivity index (χ3v) is 3.09. The average molecular weight is 264 g/mol. The van der Waals surface area contributed by atoms with Crippen LogP contribution in [0.5, 0.6) is 5.88 Å². The van der Waals surface area contributed by atoms with Gasteiger partial charge in [0, 0.05) is 11.6 Å². The summed E-state index contributed by atoms with van der Waals surface area (Å²) < 4.78 is 4.93. The second-order valence-corrected chi connectivity index (χ2v) is 4.35. The number of carbonyl (C=O) groups excluding carboxylic acids is 1. The van der Waals surface area contributed by atoms with Gasteiger partial charge in [-0.05, 0) is 22.9 Å². The molecule has 1 heterocycles. The Hall–Kier alpha value is -2.75. The van der Waals surface area contributed by atoms with Crippen molar-refractivity contribution >= 4 is 16.6 Å². The van der Waals surface area contributed by atoms with E-state index < -0.39 is 0 Å². The predicted molar refractivity (Wildman–Crippen MR) is 76.0 cm³/mol. The van der Waals surface area contributed by atoms with Gasteiger partial charge in [0.25, 0.3) is 0 Å². The zero-order valence-electron chi connectivity index (χ0n) is 10.9. The molecular formula is C16H12N2O2. The maximum absolute atomic E-state index is 12.3. The van der Waals surface area contributed by atoms with Crippen LogP contribution in [0.1, 0.15) is 16.1 Å². The second-order valence-electron chi connectivity index (χ2n) is 4.35. The van der Waals surface area contributed by atoms with Gasteiger partial charge in [-0.25, -0.2) is 0 Å². The summed E-state index contributed by atoms with van der Waals surface area (Å²) in [6, 6.07) is 16.7. The lowest BCUT2D eigenvalue weighted by Gasteiger charge is -2.03. The van der Waals surface area contributed by atoms with E-state index in [0.717, 1.165) is 10.8 Å². The number of fused-ring (bicyclic) bond motifs is 1. The molecule has 0 aliphatic carbocycles. The number of ketones is 1. The minimum Gasteiger partial charge on any atom is -0.480 e. The molecule has 0 saturated carbocycles. The Morgan fingerprint density at radius 3 is 2.45 bits per heavy atom. The zero-order valence-corrected chi connectivity index (χ0v) is 10.9. The zero-order chi connectivity index (χ0) is 13.9. The van der Waals surface area contributed by atoms with E-state index in [1.807, 2.05) is 36.4 Å². The smallest absolute Gasteiger partial charge is 0.233 e. The molecule has 2 aromatic carbocycles. The van der Waals surface area contributed by atoms with Gasteiger partial charge < -0.3 is 4.74 Å². The van der Waals surface area contributed by atoms with Gasteiger partial charge in [-0.3, -0.25) is 4.79 Å². The van der Waals surface area contributed by atoms with Crippen LogP contribution in [0.4, 0.5) is 0 Å². The van der Waals surface area contributed by atoms with Gasteiger partial charge in [-0.15, -0.1) is 10.2 Å². The van der Waals surface area contributed by atoms with Crippen molar-refractivity contribution in [2.45, 2.75) is 0 Å². The summed E-state index contributed by atoms with van der Waals surface area (Å²) in [5.41, 5.74) is 0.907. The van der Waals surface area contributed by atoms with Crippen molar-refractivity contribution < 1.29 is 9.53 Å². The maximum Gasteiger partial charge on any atom is 0.233 e. The quantitative estimate of drug-likeness (QED) is 0.682. The largest absolute Gasteiger partial charge is 0.480 e. The molecule has 0 saturated heterocycles. The lowest BCUT2D eigenvalue weighted by Crippen LogP contribution is -2.05. The molecule has 20 heavy (non-hydrogen) atoms. The maximum atomic E-state index is 12.3. The SMILES string of the molecule is COc1ccc(C(=O)c2ccc3ccccc3c2)nn1. The van der Waals surface area contributed by atoms with Crippen LogP contribution in [0, 0.1) is 0 Å². The molecule has 1 aromatic heterocycles. The fraction of sp³-hybridized carbons (Fsp3) is 0.0625. The summed E-state index contributed by atoms with van der Waals surface area (Å²) in [5.74, 6) is 0.242. The van der Waals surface area contributed by atoms with Gasteiger partial charge in [-0.1, -0.05) is 36.4 Å². The van der Waals surface area contributed by atoms with Crippen LogP contribution in [0.3, 0.4) is 0 Å². The van der Waals surface area contributed by atoms with E-state index in [1.165, 1.54) is 7.11 Å². The Bertz CT molecular complexity index is 767. The number of hydrogen-bond acceptors (Lipinski definition) is 4. The summed E-state index contributed by atoms with van der Waals surface area (Å²) in [4.78, 5) is 12.3. The highest BCUT2D eigenvalue weighted by Crippen LogP contribution is 2.17. The van der Waals surface area contributed by atoms with E-state index in [1.54, 1.807) is 18.2 Å². The fourth-order valence-electron chi connectivity index (χ4n) is 2.03. The highest BCUT2D eigenvalue weighted by molar-refractivity contribution is 6.09. The standard InChI is InChI=1S/C16H12N2O2/c1-20-15-9-8-14(17-18-15)16(19)13-7-6-11-4-2-3-5-12(11)10-13/h2-10H,1H3. The lowest BCUT2D eigenvalue weighted by molar-refractivity contribution is 0.103. The molecule has 98 valence electrons. The number of aromatic nitrogens is 2. The summed E-state index contributed by atoms with van der Waals surface area (Å²) >= 11 is 0. The third-order valence-electron chi connectivity index (χ3n) is 3.09. The van der Waals surface area contributed by atoms with Crippen molar-refractivity contribution in [1.29, 1.82) is 0 Å². The highest BCUT2D eigenvalue weighted by Gasteiger charge is 2.11. The summed E-state index contributed by atoms with van der Waals surface area (Å²) in [5, 5.41) is 9.82. The molecule has 0 N–H and O–H groups in total. The second kappa shape index (κ2) is 5.09. The predicted octanol–water partition coefficient (Wildman–Crippen LogP) is 2.87. The summed E-state index contributed by atoms with van der Waals surface area (Å²) in [7, 11) is 1.51. The number of hydrogen-bond donors (Lipinski definition) is 0. The molecule has 0 amide bonds. The first-order chi connectivity index (χ1) is 9.78. The van der Waals surface area contributed by atoms with Crippen LogP contribution in [0.25, 0.3) is 10.8 Å². The molecular weight excluding hydrogens is 252 g/mol. The van der Waals surface area contributed by atoms with Crippen molar-refractivity contribution in [2.75, 3.05) is 7.11 Å². The first kappa shape index (κ1) is 12.3. The molecule has 3 rings (SSSR count). The summed E-state index contributed by atoms with van der Waals surface area (Å²) in [6.45, 7) is 0. The molecule has 3 aromatic rings. The summed E-state index contributed by atoms with van der Waals surface area (Å²) in [6.07, 6.45) is 0. The van der Waals surface area contributed by atoms with Gasteiger partial charge in [0.1, 0.15) is 5.69 Å². The fourth-order valence-corrected chi connectivity index (χ4v) is 2.03.